The summed E-state index contributed by atoms with van der Waals surface area (Å²) in [5.74, 6) is 0.568. The van der Waals surface area contributed by atoms with Crippen LogP contribution in [0.3, 0.4) is 0 Å². The molecule has 0 bridgehead atoms. The summed E-state index contributed by atoms with van der Waals surface area (Å²) >= 11 is 3.42. The SMILES string of the molecule is Cc1cccc(N)c1-c1nc2cc(Br)ccc2o1. The number of fused-ring (bicyclic) bond motifs is 1. The van der Waals surface area contributed by atoms with Crippen LogP contribution in [0.5, 0.6) is 0 Å². The molecule has 1 heterocycles. The molecule has 2 aromatic carbocycles. The molecule has 0 aliphatic heterocycles. The number of oxazole rings is 1. The van der Waals surface area contributed by atoms with E-state index in [2.05, 4.69) is 20.9 Å². The summed E-state index contributed by atoms with van der Waals surface area (Å²) in [6.45, 7) is 2.00. The highest BCUT2D eigenvalue weighted by atomic mass is 79.9. The van der Waals surface area contributed by atoms with E-state index in [0.717, 1.165) is 26.7 Å². The maximum absolute atomic E-state index is 6.00. The number of nitrogens with two attached hydrogens (primary N) is 1. The summed E-state index contributed by atoms with van der Waals surface area (Å²) in [6.07, 6.45) is 0. The fourth-order valence-corrected chi connectivity index (χ4v) is 2.34. The number of benzene rings is 2. The van der Waals surface area contributed by atoms with Crippen molar-refractivity contribution in [2.24, 2.45) is 0 Å². The molecule has 0 unspecified atom stereocenters. The smallest absolute Gasteiger partial charge is 0.229 e. The first kappa shape index (κ1) is 11.3. The first-order valence-corrected chi connectivity index (χ1v) is 6.36. The fourth-order valence-electron chi connectivity index (χ4n) is 1.99. The molecule has 2 N–H and O–H groups in total. The number of halogens is 1. The highest BCUT2D eigenvalue weighted by Gasteiger charge is 2.13. The van der Waals surface area contributed by atoms with Gasteiger partial charge in [0.1, 0.15) is 5.52 Å². The highest BCUT2D eigenvalue weighted by molar-refractivity contribution is 9.10. The first-order valence-electron chi connectivity index (χ1n) is 5.57. The lowest BCUT2D eigenvalue weighted by Gasteiger charge is -2.04. The van der Waals surface area contributed by atoms with Crippen molar-refractivity contribution >= 4 is 32.7 Å². The molecule has 0 aliphatic rings. The zero-order valence-electron chi connectivity index (χ0n) is 9.77. The molecule has 0 saturated carbocycles. The van der Waals surface area contributed by atoms with Gasteiger partial charge in [-0.3, -0.25) is 0 Å². The van der Waals surface area contributed by atoms with Gasteiger partial charge in [0.05, 0.1) is 5.56 Å². The van der Waals surface area contributed by atoms with Crippen LogP contribution in [0.4, 0.5) is 5.69 Å². The summed E-state index contributed by atoms with van der Waals surface area (Å²) in [4.78, 5) is 4.49. The maximum Gasteiger partial charge on any atom is 0.229 e. The Morgan fingerprint density at radius 3 is 2.83 bits per heavy atom. The Labute approximate surface area is 113 Å². The molecule has 0 fully saturated rings. The number of hydrogen-bond donors (Lipinski definition) is 1. The van der Waals surface area contributed by atoms with Gasteiger partial charge >= 0.3 is 0 Å². The summed E-state index contributed by atoms with van der Waals surface area (Å²) in [5.41, 5.74) is 10.2. The minimum Gasteiger partial charge on any atom is -0.436 e. The molecule has 3 rings (SSSR count). The van der Waals surface area contributed by atoms with Crippen LogP contribution < -0.4 is 5.73 Å². The van der Waals surface area contributed by atoms with Crippen molar-refractivity contribution in [3.05, 3.63) is 46.4 Å². The van der Waals surface area contributed by atoms with Gasteiger partial charge in [-0.2, -0.15) is 0 Å². The van der Waals surface area contributed by atoms with Gasteiger partial charge in [0.15, 0.2) is 5.58 Å². The number of anilines is 1. The second kappa shape index (κ2) is 4.14. The molecule has 1 aromatic heterocycles. The topological polar surface area (TPSA) is 52.0 Å². The van der Waals surface area contributed by atoms with Crippen LogP contribution in [0, 0.1) is 6.92 Å². The number of nitrogens with zero attached hydrogens (tertiary/aromatic N) is 1. The second-order valence-corrected chi connectivity index (χ2v) is 5.09. The van der Waals surface area contributed by atoms with Crippen molar-refractivity contribution in [1.29, 1.82) is 0 Å². The third-order valence-corrected chi connectivity index (χ3v) is 3.36. The van der Waals surface area contributed by atoms with Crippen LogP contribution in [0.1, 0.15) is 5.56 Å². The fraction of sp³-hybridized carbons (Fsp3) is 0.0714. The van der Waals surface area contributed by atoms with Crippen molar-refractivity contribution in [3.8, 4) is 11.5 Å². The van der Waals surface area contributed by atoms with E-state index in [1.165, 1.54) is 0 Å². The van der Waals surface area contributed by atoms with Crippen molar-refractivity contribution in [2.75, 3.05) is 5.73 Å². The molecule has 18 heavy (non-hydrogen) atoms. The molecular weight excluding hydrogens is 292 g/mol. The van der Waals surface area contributed by atoms with Gasteiger partial charge in [-0.1, -0.05) is 28.1 Å². The predicted molar refractivity (Wildman–Crippen MR) is 76.3 cm³/mol. The Morgan fingerprint density at radius 1 is 1.22 bits per heavy atom. The second-order valence-electron chi connectivity index (χ2n) is 4.17. The standard InChI is InChI=1S/C14H11BrN2O/c1-8-3-2-4-10(16)13(8)14-17-11-7-9(15)5-6-12(11)18-14/h2-7H,16H2,1H3. The lowest BCUT2D eigenvalue weighted by atomic mass is 10.1. The monoisotopic (exact) mass is 302 g/mol. The van der Waals surface area contributed by atoms with E-state index in [1.807, 2.05) is 43.3 Å². The number of hydrogen-bond acceptors (Lipinski definition) is 3. The van der Waals surface area contributed by atoms with E-state index in [0.29, 0.717) is 11.6 Å². The maximum atomic E-state index is 6.00. The Hall–Kier alpha value is -1.81. The van der Waals surface area contributed by atoms with Gasteiger partial charge in [-0.15, -0.1) is 0 Å². The molecule has 4 heteroatoms. The van der Waals surface area contributed by atoms with E-state index in [-0.39, 0.29) is 0 Å². The lowest BCUT2D eigenvalue weighted by Crippen LogP contribution is -1.92. The van der Waals surface area contributed by atoms with Crippen molar-refractivity contribution in [3.63, 3.8) is 0 Å². The van der Waals surface area contributed by atoms with Gasteiger partial charge in [0, 0.05) is 10.2 Å². The van der Waals surface area contributed by atoms with Gasteiger partial charge in [0.2, 0.25) is 5.89 Å². The summed E-state index contributed by atoms with van der Waals surface area (Å²) in [5, 5.41) is 0. The van der Waals surface area contributed by atoms with Gasteiger partial charge in [0.25, 0.3) is 0 Å². The molecular formula is C14H11BrN2O. The first-order chi connectivity index (χ1) is 8.65. The van der Waals surface area contributed by atoms with Crippen molar-refractivity contribution in [1.82, 2.24) is 4.98 Å². The van der Waals surface area contributed by atoms with E-state index in [4.69, 9.17) is 10.2 Å². The van der Waals surface area contributed by atoms with Crippen LogP contribution in [0.15, 0.2) is 45.3 Å². The Morgan fingerprint density at radius 2 is 2.06 bits per heavy atom. The largest absolute Gasteiger partial charge is 0.436 e. The van der Waals surface area contributed by atoms with Crippen LogP contribution in [-0.2, 0) is 0 Å². The van der Waals surface area contributed by atoms with Crippen LogP contribution in [-0.4, -0.2) is 4.98 Å². The van der Waals surface area contributed by atoms with Gasteiger partial charge in [-0.25, -0.2) is 4.98 Å². The molecule has 3 nitrogen and oxygen atoms in total. The molecule has 0 spiro atoms. The molecule has 90 valence electrons. The van der Waals surface area contributed by atoms with E-state index >= 15 is 0 Å². The molecule has 0 saturated heterocycles. The van der Waals surface area contributed by atoms with Gasteiger partial charge < -0.3 is 10.2 Å². The zero-order valence-corrected chi connectivity index (χ0v) is 11.4. The van der Waals surface area contributed by atoms with Crippen LogP contribution in [0.25, 0.3) is 22.6 Å². The van der Waals surface area contributed by atoms with Crippen LogP contribution in [0.2, 0.25) is 0 Å². The number of rotatable bonds is 1. The van der Waals surface area contributed by atoms with Crippen molar-refractivity contribution < 1.29 is 4.42 Å². The van der Waals surface area contributed by atoms with E-state index in [9.17, 15) is 0 Å². The minimum absolute atomic E-state index is 0.568. The number of aromatic nitrogens is 1. The molecule has 0 radical (unpaired) electrons. The normalized spacial score (nSPS) is 11.0. The molecule has 0 aliphatic carbocycles. The average molecular weight is 303 g/mol. The predicted octanol–water partition coefficient (Wildman–Crippen LogP) is 4.15. The third kappa shape index (κ3) is 1.78. The summed E-state index contributed by atoms with van der Waals surface area (Å²) < 4.78 is 6.74. The molecule has 0 atom stereocenters. The summed E-state index contributed by atoms with van der Waals surface area (Å²) in [6, 6.07) is 11.5. The van der Waals surface area contributed by atoms with Crippen LogP contribution >= 0.6 is 15.9 Å². The molecule has 0 amide bonds. The van der Waals surface area contributed by atoms with E-state index in [1.54, 1.807) is 0 Å². The minimum atomic E-state index is 0.568. The van der Waals surface area contributed by atoms with Crippen molar-refractivity contribution in [2.45, 2.75) is 6.92 Å². The van der Waals surface area contributed by atoms with Gasteiger partial charge in [-0.05, 0) is 36.8 Å². The molecule has 3 aromatic rings. The number of aryl methyl sites for hydroxylation is 1. The van der Waals surface area contributed by atoms with E-state index < -0.39 is 0 Å². The zero-order chi connectivity index (χ0) is 12.7. The Balaban J connectivity index is 2.26. The third-order valence-electron chi connectivity index (χ3n) is 2.87. The highest BCUT2D eigenvalue weighted by Crippen LogP contribution is 2.31. The Kier molecular flexibility index (Phi) is 2.59. The summed E-state index contributed by atoms with van der Waals surface area (Å²) in [7, 11) is 0. The lowest BCUT2D eigenvalue weighted by molar-refractivity contribution is 0.619. The quantitative estimate of drug-likeness (QED) is 0.687. The Bertz CT molecular complexity index is 713. The average Bonchev–Trinajstić information content (AvgIpc) is 2.71. The number of nitrogen functional groups attached to an aromatic ring is 1.